The topological polar surface area (TPSA) is 50.7 Å². The predicted octanol–water partition coefficient (Wildman–Crippen LogP) is 3.20. The van der Waals surface area contributed by atoms with Crippen molar-refractivity contribution in [1.29, 1.82) is 0 Å². The first-order valence-electron chi connectivity index (χ1n) is 6.31. The van der Waals surface area contributed by atoms with Gasteiger partial charge in [0, 0.05) is 12.6 Å². The van der Waals surface area contributed by atoms with Gasteiger partial charge < -0.3 is 10.2 Å². The molecule has 20 heavy (non-hydrogen) atoms. The Morgan fingerprint density at radius 1 is 1.15 bits per heavy atom. The third-order valence-electron chi connectivity index (χ3n) is 2.58. The maximum absolute atomic E-state index is 10.9. The van der Waals surface area contributed by atoms with E-state index in [1.165, 1.54) is 6.92 Å². The molecule has 0 bridgehead atoms. The third kappa shape index (κ3) is 4.57. The van der Waals surface area contributed by atoms with Gasteiger partial charge in [-0.1, -0.05) is 47.6 Å². The van der Waals surface area contributed by atoms with Gasteiger partial charge in [0.05, 0.1) is 6.21 Å². The molecule has 0 heterocycles. The highest BCUT2D eigenvalue weighted by atomic mass is 16.6. The first-order valence-corrected chi connectivity index (χ1v) is 6.31. The lowest BCUT2D eigenvalue weighted by Gasteiger charge is -2.01. The summed E-state index contributed by atoms with van der Waals surface area (Å²) in [6.07, 6.45) is 1.64. The number of nitrogens with zero attached hydrogens (tertiary/aromatic N) is 1. The van der Waals surface area contributed by atoms with Crippen LogP contribution in [0.3, 0.4) is 0 Å². The molecular weight excluding hydrogens is 252 g/mol. The van der Waals surface area contributed by atoms with E-state index in [1.54, 1.807) is 6.21 Å². The Kier molecular flexibility index (Phi) is 4.89. The maximum atomic E-state index is 10.9. The zero-order valence-corrected chi connectivity index (χ0v) is 11.2. The standard InChI is InChI=1S/C16H16N2O2/c1-13(19)18-16-9-7-14(8-10-16)11-17-20-12-15-5-3-2-4-6-15/h2-11H,12H2,1H3,(H,18,19). The van der Waals surface area contributed by atoms with Gasteiger partial charge in [0.25, 0.3) is 0 Å². The number of benzene rings is 2. The van der Waals surface area contributed by atoms with E-state index in [-0.39, 0.29) is 5.91 Å². The molecule has 0 saturated heterocycles. The van der Waals surface area contributed by atoms with Crippen molar-refractivity contribution in [1.82, 2.24) is 0 Å². The summed E-state index contributed by atoms with van der Waals surface area (Å²) in [4.78, 5) is 16.1. The predicted molar refractivity (Wildman–Crippen MR) is 79.6 cm³/mol. The second-order valence-corrected chi connectivity index (χ2v) is 4.30. The number of hydrogen-bond donors (Lipinski definition) is 1. The number of rotatable bonds is 5. The van der Waals surface area contributed by atoms with Crippen LogP contribution in [-0.2, 0) is 16.2 Å². The minimum atomic E-state index is -0.0855. The second-order valence-electron chi connectivity index (χ2n) is 4.30. The molecule has 4 heteroatoms. The molecule has 0 aliphatic heterocycles. The van der Waals surface area contributed by atoms with E-state index in [0.29, 0.717) is 6.61 Å². The van der Waals surface area contributed by atoms with E-state index < -0.39 is 0 Å². The van der Waals surface area contributed by atoms with Crippen molar-refractivity contribution < 1.29 is 9.63 Å². The number of oxime groups is 1. The van der Waals surface area contributed by atoms with E-state index in [0.717, 1.165) is 16.8 Å². The molecular formula is C16H16N2O2. The zero-order chi connectivity index (χ0) is 14.2. The zero-order valence-electron chi connectivity index (χ0n) is 11.2. The number of carbonyl (C=O) groups excluding carboxylic acids is 1. The van der Waals surface area contributed by atoms with Gasteiger partial charge in [0.2, 0.25) is 5.91 Å². The summed E-state index contributed by atoms with van der Waals surface area (Å²) in [7, 11) is 0. The van der Waals surface area contributed by atoms with Crippen LogP contribution in [0, 0.1) is 0 Å². The first-order chi connectivity index (χ1) is 9.74. The molecule has 0 spiro atoms. The molecule has 0 saturated carbocycles. The van der Waals surface area contributed by atoms with Crippen molar-refractivity contribution in [3.05, 3.63) is 65.7 Å². The fraction of sp³-hybridized carbons (Fsp3) is 0.125. The summed E-state index contributed by atoms with van der Waals surface area (Å²) in [6.45, 7) is 1.92. The molecule has 2 aromatic rings. The van der Waals surface area contributed by atoms with Gasteiger partial charge in [-0.25, -0.2) is 0 Å². The van der Waals surface area contributed by atoms with Crippen molar-refractivity contribution >= 4 is 17.8 Å². The Bertz CT molecular complexity index is 577. The fourth-order valence-electron chi connectivity index (χ4n) is 1.64. The summed E-state index contributed by atoms with van der Waals surface area (Å²) in [6, 6.07) is 17.2. The van der Waals surface area contributed by atoms with Gasteiger partial charge >= 0.3 is 0 Å². The number of anilines is 1. The number of nitrogens with one attached hydrogen (secondary N) is 1. The highest BCUT2D eigenvalue weighted by molar-refractivity contribution is 5.89. The Labute approximate surface area is 118 Å². The van der Waals surface area contributed by atoms with E-state index in [1.807, 2.05) is 54.6 Å². The van der Waals surface area contributed by atoms with Crippen molar-refractivity contribution in [2.75, 3.05) is 5.32 Å². The van der Waals surface area contributed by atoms with Crippen LogP contribution < -0.4 is 5.32 Å². The van der Waals surface area contributed by atoms with Gasteiger partial charge in [0.1, 0.15) is 6.61 Å². The van der Waals surface area contributed by atoms with E-state index in [2.05, 4.69) is 10.5 Å². The van der Waals surface area contributed by atoms with Crippen LogP contribution in [-0.4, -0.2) is 12.1 Å². The third-order valence-corrected chi connectivity index (χ3v) is 2.58. The SMILES string of the molecule is CC(=O)Nc1ccc(C=NOCc2ccccc2)cc1. The molecule has 0 aliphatic rings. The normalized spacial score (nSPS) is 10.4. The Morgan fingerprint density at radius 2 is 1.85 bits per heavy atom. The smallest absolute Gasteiger partial charge is 0.221 e. The highest BCUT2D eigenvalue weighted by Crippen LogP contribution is 2.08. The highest BCUT2D eigenvalue weighted by Gasteiger charge is 1.95. The van der Waals surface area contributed by atoms with Crippen LogP contribution in [0.4, 0.5) is 5.69 Å². The molecule has 2 rings (SSSR count). The lowest BCUT2D eigenvalue weighted by atomic mass is 10.2. The van der Waals surface area contributed by atoms with Crippen molar-refractivity contribution in [3.8, 4) is 0 Å². The van der Waals surface area contributed by atoms with Crippen LogP contribution in [0.25, 0.3) is 0 Å². The van der Waals surface area contributed by atoms with Crippen LogP contribution in [0.5, 0.6) is 0 Å². The van der Waals surface area contributed by atoms with Crippen LogP contribution in [0.15, 0.2) is 59.8 Å². The van der Waals surface area contributed by atoms with Gasteiger partial charge in [-0.05, 0) is 23.3 Å². The molecule has 0 radical (unpaired) electrons. The Balaban J connectivity index is 1.83. The monoisotopic (exact) mass is 268 g/mol. The van der Waals surface area contributed by atoms with Crippen LogP contribution >= 0.6 is 0 Å². The second kappa shape index (κ2) is 7.09. The van der Waals surface area contributed by atoms with Gasteiger partial charge in [-0.2, -0.15) is 0 Å². The maximum Gasteiger partial charge on any atom is 0.221 e. The molecule has 0 aliphatic carbocycles. The molecule has 1 amide bonds. The number of carbonyl (C=O) groups is 1. The van der Waals surface area contributed by atoms with Crippen LogP contribution in [0.1, 0.15) is 18.1 Å². The van der Waals surface area contributed by atoms with E-state index in [4.69, 9.17) is 4.84 Å². The molecule has 4 nitrogen and oxygen atoms in total. The average molecular weight is 268 g/mol. The van der Waals surface area contributed by atoms with Crippen LogP contribution in [0.2, 0.25) is 0 Å². The molecule has 0 aromatic heterocycles. The fourth-order valence-corrected chi connectivity index (χ4v) is 1.64. The average Bonchev–Trinajstić information content (AvgIpc) is 2.46. The van der Waals surface area contributed by atoms with Crippen molar-refractivity contribution in [2.24, 2.45) is 5.16 Å². The Morgan fingerprint density at radius 3 is 2.50 bits per heavy atom. The quantitative estimate of drug-likeness (QED) is 0.668. The van der Waals surface area contributed by atoms with Crippen molar-refractivity contribution in [2.45, 2.75) is 13.5 Å². The van der Waals surface area contributed by atoms with E-state index in [9.17, 15) is 4.79 Å². The lowest BCUT2D eigenvalue weighted by Crippen LogP contribution is -2.05. The molecule has 2 aromatic carbocycles. The van der Waals surface area contributed by atoms with Gasteiger partial charge in [-0.15, -0.1) is 0 Å². The van der Waals surface area contributed by atoms with Crippen molar-refractivity contribution in [3.63, 3.8) is 0 Å². The summed E-state index contributed by atoms with van der Waals surface area (Å²) in [5, 5.41) is 6.62. The number of hydrogen-bond acceptors (Lipinski definition) is 3. The molecule has 102 valence electrons. The molecule has 0 unspecified atom stereocenters. The number of amides is 1. The van der Waals surface area contributed by atoms with Gasteiger partial charge in [-0.3, -0.25) is 4.79 Å². The van der Waals surface area contributed by atoms with E-state index >= 15 is 0 Å². The summed E-state index contributed by atoms with van der Waals surface area (Å²) in [5.41, 5.74) is 2.75. The lowest BCUT2D eigenvalue weighted by molar-refractivity contribution is -0.114. The minimum Gasteiger partial charge on any atom is -0.391 e. The summed E-state index contributed by atoms with van der Waals surface area (Å²) in [5.74, 6) is -0.0855. The largest absolute Gasteiger partial charge is 0.391 e. The van der Waals surface area contributed by atoms with Gasteiger partial charge in [0.15, 0.2) is 0 Å². The summed E-state index contributed by atoms with van der Waals surface area (Å²) >= 11 is 0. The first kappa shape index (κ1) is 13.8. The summed E-state index contributed by atoms with van der Waals surface area (Å²) < 4.78 is 0. The molecule has 1 N–H and O–H groups in total. The molecule has 0 fully saturated rings. The minimum absolute atomic E-state index is 0.0855. The Hall–Kier alpha value is -2.62. The molecule has 0 atom stereocenters.